The van der Waals surface area contributed by atoms with Crippen molar-refractivity contribution >= 4 is 28.4 Å². The Kier molecular flexibility index (Phi) is 7.24. The molecule has 11 heteroatoms. The Morgan fingerprint density at radius 2 is 1.88 bits per heavy atom. The van der Waals surface area contributed by atoms with Crippen molar-refractivity contribution in [2.45, 2.75) is 51.2 Å². The van der Waals surface area contributed by atoms with Crippen LogP contribution in [-0.2, 0) is 16.1 Å². The maximum Gasteiger partial charge on any atom is 0.251 e. The van der Waals surface area contributed by atoms with E-state index in [4.69, 9.17) is 4.42 Å². The molecule has 1 N–H and O–H groups in total. The van der Waals surface area contributed by atoms with Gasteiger partial charge in [0.1, 0.15) is 23.9 Å². The zero-order chi connectivity index (χ0) is 28.3. The molecule has 1 fully saturated rings. The van der Waals surface area contributed by atoms with E-state index in [1.165, 1.54) is 29.2 Å². The van der Waals surface area contributed by atoms with Gasteiger partial charge >= 0.3 is 0 Å². The molecule has 10 nitrogen and oxygen atoms in total. The number of para-hydroxylation sites is 1. The number of carbonyl (C=O) groups is 2. The Morgan fingerprint density at radius 3 is 2.63 bits per heavy atom. The molecule has 2 aromatic carbocycles. The zero-order valence-corrected chi connectivity index (χ0v) is 22.4. The number of aromatic nitrogens is 5. The first-order valence-electron chi connectivity index (χ1n) is 13.5. The summed E-state index contributed by atoms with van der Waals surface area (Å²) >= 11 is 0. The van der Waals surface area contributed by atoms with Crippen LogP contribution in [0.4, 0.5) is 10.1 Å². The second-order valence-electron chi connectivity index (χ2n) is 10.1. The van der Waals surface area contributed by atoms with Crippen molar-refractivity contribution in [2.24, 2.45) is 0 Å². The van der Waals surface area contributed by atoms with E-state index >= 15 is 0 Å². The van der Waals surface area contributed by atoms with Crippen LogP contribution >= 0.6 is 0 Å². The van der Waals surface area contributed by atoms with Gasteiger partial charge in [-0.15, -0.1) is 10.2 Å². The molecule has 5 aromatic rings. The molecule has 1 aliphatic carbocycles. The first-order chi connectivity index (χ1) is 19.9. The van der Waals surface area contributed by atoms with Gasteiger partial charge in [-0.3, -0.25) is 19.5 Å². The molecule has 0 saturated heterocycles. The van der Waals surface area contributed by atoms with Crippen molar-refractivity contribution in [2.75, 3.05) is 4.90 Å². The zero-order valence-electron chi connectivity index (χ0n) is 22.4. The number of amides is 2. The third-order valence-corrected chi connectivity index (χ3v) is 7.19. The number of nitrogens with zero attached hydrogens (tertiary/aromatic N) is 6. The van der Waals surface area contributed by atoms with Gasteiger partial charge in [0.15, 0.2) is 6.04 Å². The van der Waals surface area contributed by atoms with E-state index in [1.54, 1.807) is 25.3 Å². The minimum absolute atomic E-state index is 0.0305. The molecule has 3 aromatic heterocycles. The maximum absolute atomic E-state index is 14.1. The lowest BCUT2D eigenvalue weighted by Gasteiger charge is -2.30. The maximum atomic E-state index is 14.1. The van der Waals surface area contributed by atoms with Crippen molar-refractivity contribution in [3.63, 3.8) is 0 Å². The number of tetrazole rings is 1. The lowest BCUT2D eigenvalue weighted by Crippen LogP contribution is -2.47. The number of pyridine rings is 1. The summed E-state index contributed by atoms with van der Waals surface area (Å²) in [4.78, 5) is 35.1. The Balaban J connectivity index is 1.38. The highest BCUT2D eigenvalue weighted by atomic mass is 19.1. The van der Waals surface area contributed by atoms with Gasteiger partial charge in [-0.25, -0.2) is 4.39 Å². The highest BCUT2D eigenvalue weighted by Crippen LogP contribution is 2.32. The molecule has 0 aliphatic heterocycles. The third-order valence-electron chi connectivity index (χ3n) is 7.19. The van der Waals surface area contributed by atoms with Crippen LogP contribution in [0.2, 0.25) is 0 Å². The standard InChI is InChI=1S/C30H28FN7O3/c1-19-10-15-26(41-19)28(30(40)33-23-7-3-4-8-23)38(24-16-21-6-2-5-9-25(21)32-17-24)27(39)18-37-35-29(34-36-37)20-11-13-22(31)14-12-20/h2,5-6,9-17,23,28H,3-4,7-8,18H2,1H3,(H,33,40). The quantitative estimate of drug-likeness (QED) is 0.294. The van der Waals surface area contributed by atoms with Crippen LogP contribution in [0.3, 0.4) is 0 Å². The molecule has 2 amide bonds. The number of benzene rings is 2. The van der Waals surface area contributed by atoms with Gasteiger partial charge in [0, 0.05) is 17.0 Å². The van der Waals surface area contributed by atoms with Gasteiger partial charge in [0.05, 0.1) is 17.4 Å². The molecule has 1 unspecified atom stereocenters. The average Bonchev–Trinajstić information content (AvgIpc) is 3.75. The second kappa shape index (κ2) is 11.3. The van der Waals surface area contributed by atoms with E-state index in [-0.39, 0.29) is 30.1 Å². The second-order valence-corrected chi connectivity index (χ2v) is 10.1. The average molecular weight is 554 g/mol. The minimum Gasteiger partial charge on any atom is -0.464 e. The molecular formula is C30H28FN7O3. The van der Waals surface area contributed by atoms with E-state index in [0.29, 0.717) is 22.8 Å². The lowest BCUT2D eigenvalue weighted by molar-refractivity contribution is -0.128. The van der Waals surface area contributed by atoms with E-state index in [2.05, 4.69) is 25.7 Å². The number of rotatable bonds is 8. The van der Waals surface area contributed by atoms with Crippen molar-refractivity contribution in [1.29, 1.82) is 0 Å². The molecule has 1 saturated carbocycles. The summed E-state index contributed by atoms with van der Waals surface area (Å²) in [6.45, 7) is 1.48. The van der Waals surface area contributed by atoms with Gasteiger partial charge in [0.2, 0.25) is 5.82 Å². The topological polar surface area (TPSA) is 119 Å². The van der Waals surface area contributed by atoms with E-state index in [0.717, 1.165) is 41.4 Å². The Bertz CT molecular complexity index is 1690. The van der Waals surface area contributed by atoms with E-state index in [9.17, 15) is 14.0 Å². The molecule has 41 heavy (non-hydrogen) atoms. The SMILES string of the molecule is Cc1ccc(C(C(=O)NC2CCCC2)N(C(=O)Cn2nnc(-c3ccc(F)cc3)n2)c2cnc3ccccc3c2)o1. The van der Waals surface area contributed by atoms with Crippen molar-refractivity contribution in [3.8, 4) is 11.4 Å². The Hall–Kier alpha value is -4.93. The summed E-state index contributed by atoms with van der Waals surface area (Å²) in [7, 11) is 0. The van der Waals surface area contributed by atoms with Crippen molar-refractivity contribution < 1.29 is 18.4 Å². The van der Waals surface area contributed by atoms with Gasteiger partial charge in [-0.1, -0.05) is 31.0 Å². The fourth-order valence-corrected chi connectivity index (χ4v) is 5.17. The van der Waals surface area contributed by atoms with Gasteiger partial charge < -0.3 is 9.73 Å². The summed E-state index contributed by atoms with van der Waals surface area (Å²) in [6, 6.07) is 17.4. The van der Waals surface area contributed by atoms with Crippen LogP contribution in [0.5, 0.6) is 0 Å². The van der Waals surface area contributed by atoms with Gasteiger partial charge in [-0.2, -0.15) is 4.80 Å². The summed E-state index contributed by atoms with van der Waals surface area (Å²) in [5.74, 6) is -0.000314. The van der Waals surface area contributed by atoms with Crippen LogP contribution in [0.15, 0.2) is 77.3 Å². The summed E-state index contributed by atoms with van der Waals surface area (Å²) in [5, 5.41) is 16.3. The van der Waals surface area contributed by atoms with Crippen LogP contribution in [0.1, 0.15) is 43.2 Å². The number of anilines is 1. The molecule has 1 aliphatic rings. The fraction of sp³-hybridized carbons (Fsp3) is 0.267. The Morgan fingerprint density at radius 1 is 1.10 bits per heavy atom. The number of aryl methyl sites for hydroxylation is 1. The monoisotopic (exact) mass is 553 g/mol. The first-order valence-corrected chi connectivity index (χ1v) is 13.5. The van der Waals surface area contributed by atoms with Gasteiger partial charge in [0.25, 0.3) is 11.8 Å². The number of furan rings is 1. The predicted molar refractivity (Wildman–Crippen MR) is 149 cm³/mol. The highest BCUT2D eigenvalue weighted by Gasteiger charge is 2.37. The minimum atomic E-state index is -1.10. The third kappa shape index (κ3) is 5.69. The highest BCUT2D eigenvalue weighted by molar-refractivity contribution is 6.02. The van der Waals surface area contributed by atoms with Gasteiger partial charge in [-0.05, 0) is 73.5 Å². The number of nitrogens with one attached hydrogen (secondary N) is 1. The number of hydrogen-bond acceptors (Lipinski definition) is 7. The predicted octanol–water partition coefficient (Wildman–Crippen LogP) is 4.76. The van der Waals surface area contributed by atoms with Crippen LogP contribution in [-0.4, -0.2) is 43.0 Å². The smallest absolute Gasteiger partial charge is 0.251 e. The molecule has 0 spiro atoms. The van der Waals surface area contributed by atoms with E-state index < -0.39 is 11.9 Å². The number of fused-ring (bicyclic) bond motifs is 1. The number of halogens is 1. The lowest BCUT2D eigenvalue weighted by atomic mass is 10.1. The number of carbonyl (C=O) groups excluding carboxylic acids is 2. The number of hydrogen-bond donors (Lipinski definition) is 1. The summed E-state index contributed by atoms with van der Waals surface area (Å²) in [6.07, 6.45) is 5.43. The van der Waals surface area contributed by atoms with Crippen molar-refractivity contribution in [3.05, 3.63) is 90.3 Å². The molecule has 6 rings (SSSR count). The molecular weight excluding hydrogens is 525 g/mol. The van der Waals surface area contributed by atoms with E-state index in [1.807, 2.05) is 30.3 Å². The Labute approximate surface area is 235 Å². The molecule has 0 radical (unpaired) electrons. The summed E-state index contributed by atoms with van der Waals surface area (Å²) in [5.41, 5.74) is 1.74. The molecule has 0 bridgehead atoms. The summed E-state index contributed by atoms with van der Waals surface area (Å²) < 4.78 is 19.3. The molecule has 3 heterocycles. The van der Waals surface area contributed by atoms with Crippen molar-refractivity contribution in [1.82, 2.24) is 30.5 Å². The normalized spacial score (nSPS) is 14.3. The van der Waals surface area contributed by atoms with Crippen LogP contribution in [0, 0.1) is 12.7 Å². The first kappa shape index (κ1) is 26.3. The largest absolute Gasteiger partial charge is 0.464 e. The molecule has 1 atom stereocenters. The van der Waals surface area contributed by atoms with Crippen LogP contribution in [0.25, 0.3) is 22.3 Å². The molecule has 208 valence electrons. The van der Waals surface area contributed by atoms with Crippen LogP contribution < -0.4 is 10.2 Å². The fourth-order valence-electron chi connectivity index (χ4n) is 5.17.